The van der Waals surface area contributed by atoms with Gasteiger partial charge < -0.3 is 0 Å². The van der Waals surface area contributed by atoms with Crippen LogP contribution in [-0.4, -0.2) is 25.0 Å². The maximum atomic E-state index is 11.5. The van der Waals surface area contributed by atoms with Gasteiger partial charge in [0, 0.05) is 19.0 Å². The minimum Gasteiger partial charge on any atom is -0.285 e. The van der Waals surface area contributed by atoms with Crippen LogP contribution in [0, 0.1) is 0 Å². The van der Waals surface area contributed by atoms with Crippen molar-refractivity contribution < 1.29 is 4.79 Å². The second-order valence-electron chi connectivity index (χ2n) is 3.69. The fraction of sp³-hybridized carbons (Fsp3) is 0.500. The van der Waals surface area contributed by atoms with Crippen molar-refractivity contribution in [3.8, 4) is 0 Å². The molecule has 0 saturated carbocycles. The number of nitrogens with zero attached hydrogens (tertiary/aromatic N) is 1. The average molecular weight is 212 g/mol. The summed E-state index contributed by atoms with van der Waals surface area (Å²) in [6.07, 6.45) is 0. The Labute approximate surface area is 88.7 Å². The summed E-state index contributed by atoms with van der Waals surface area (Å²) in [7, 11) is 3.60. The summed E-state index contributed by atoms with van der Waals surface area (Å²) < 4.78 is 0. The predicted molar refractivity (Wildman–Crippen MR) is 59.6 cm³/mol. The van der Waals surface area contributed by atoms with E-state index >= 15 is 0 Å². The third-order valence-corrected chi connectivity index (χ3v) is 3.13. The number of hydrazine groups is 1. The van der Waals surface area contributed by atoms with Crippen molar-refractivity contribution in [2.45, 2.75) is 19.8 Å². The zero-order valence-electron chi connectivity index (χ0n) is 9.00. The van der Waals surface area contributed by atoms with E-state index in [9.17, 15) is 4.79 Å². The lowest BCUT2D eigenvalue weighted by Crippen LogP contribution is -2.35. The molecular formula is C10H16N2OS. The number of carbonyl (C=O) groups excluding carboxylic acids is 1. The summed E-state index contributed by atoms with van der Waals surface area (Å²) in [4.78, 5) is 13.6. The van der Waals surface area contributed by atoms with E-state index in [1.165, 1.54) is 4.88 Å². The molecule has 1 amide bonds. The van der Waals surface area contributed by atoms with Gasteiger partial charge in [-0.1, -0.05) is 13.8 Å². The van der Waals surface area contributed by atoms with Crippen LogP contribution in [0.4, 0.5) is 0 Å². The van der Waals surface area contributed by atoms with Crippen molar-refractivity contribution >= 4 is 17.2 Å². The lowest BCUT2D eigenvalue weighted by molar-refractivity contribution is 0.0861. The molecule has 0 aliphatic rings. The van der Waals surface area contributed by atoms with Crippen molar-refractivity contribution in [1.82, 2.24) is 10.4 Å². The van der Waals surface area contributed by atoms with Crippen molar-refractivity contribution in [1.29, 1.82) is 0 Å². The first-order valence-corrected chi connectivity index (χ1v) is 5.40. The van der Waals surface area contributed by atoms with E-state index in [0.717, 1.165) is 4.88 Å². The highest BCUT2D eigenvalue weighted by Crippen LogP contribution is 2.23. The Bertz CT molecular complexity index is 318. The Balaban J connectivity index is 2.71. The normalized spacial score (nSPS) is 11.0. The Morgan fingerprint density at radius 3 is 2.50 bits per heavy atom. The Kier molecular flexibility index (Phi) is 3.66. The average Bonchev–Trinajstić information content (AvgIpc) is 2.50. The van der Waals surface area contributed by atoms with Gasteiger partial charge in [-0.3, -0.25) is 10.2 Å². The van der Waals surface area contributed by atoms with Crippen molar-refractivity contribution in [2.75, 3.05) is 14.1 Å². The summed E-state index contributed by atoms with van der Waals surface area (Å²) >= 11 is 1.55. The van der Waals surface area contributed by atoms with Gasteiger partial charge in [-0.2, -0.15) is 0 Å². The maximum absolute atomic E-state index is 11.5. The summed E-state index contributed by atoms with van der Waals surface area (Å²) in [6, 6.07) is 3.89. The monoisotopic (exact) mass is 212 g/mol. The molecule has 0 aliphatic carbocycles. The summed E-state index contributed by atoms with van der Waals surface area (Å²) in [5.74, 6) is 0.452. The lowest BCUT2D eigenvalue weighted by atomic mass is 10.2. The third-order valence-electron chi connectivity index (χ3n) is 1.74. The van der Waals surface area contributed by atoms with Gasteiger partial charge in [0.1, 0.15) is 0 Å². The van der Waals surface area contributed by atoms with E-state index < -0.39 is 0 Å². The van der Waals surface area contributed by atoms with E-state index in [1.54, 1.807) is 30.4 Å². The van der Waals surface area contributed by atoms with Crippen LogP contribution < -0.4 is 5.43 Å². The minimum atomic E-state index is -0.0353. The Hall–Kier alpha value is -0.870. The molecule has 0 aliphatic heterocycles. The standard InChI is InChI=1S/C10H16N2OS/c1-7(2)8-5-6-9(14-8)10(13)11-12(3)4/h5-7H,1-4H3,(H,11,13). The molecule has 0 saturated heterocycles. The van der Waals surface area contributed by atoms with E-state index in [-0.39, 0.29) is 5.91 Å². The number of amides is 1. The van der Waals surface area contributed by atoms with Crippen LogP contribution in [0.1, 0.15) is 34.3 Å². The zero-order chi connectivity index (χ0) is 10.7. The van der Waals surface area contributed by atoms with Crippen LogP contribution in [0.15, 0.2) is 12.1 Å². The molecule has 0 aromatic carbocycles. The smallest absolute Gasteiger partial charge is 0.275 e. The summed E-state index contributed by atoms with van der Waals surface area (Å²) in [6.45, 7) is 4.25. The lowest BCUT2D eigenvalue weighted by Gasteiger charge is -2.10. The SMILES string of the molecule is CC(C)c1ccc(C(=O)NN(C)C)s1. The molecule has 14 heavy (non-hydrogen) atoms. The van der Waals surface area contributed by atoms with Crippen molar-refractivity contribution in [3.63, 3.8) is 0 Å². The molecule has 0 bridgehead atoms. The van der Waals surface area contributed by atoms with Crippen molar-refractivity contribution in [2.24, 2.45) is 0 Å². The molecule has 1 heterocycles. The van der Waals surface area contributed by atoms with E-state index in [2.05, 4.69) is 19.3 Å². The first-order valence-electron chi connectivity index (χ1n) is 4.58. The number of rotatable bonds is 3. The van der Waals surface area contributed by atoms with Crippen LogP contribution in [0.2, 0.25) is 0 Å². The fourth-order valence-corrected chi connectivity index (χ4v) is 1.94. The van der Waals surface area contributed by atoms with E-state index in [4.69, 9.17) is 0 Å². The van der Waals surface area contributed by atoms with E-state index in [1.807, 2.05) is 12.1 Å². The first-order chi connectivity index (χ1) is 6.50. The van der Waals surface area contributed by atoms with Crippen LogP contribution in [0.5, 0.6) is 0 Å². The third kappa shape index (κ3) is 2.82. The number of nitrogens with one attached hydrogen (secondary N) is 1. The molecular weight excluding hydrogens is 196 g/mol. The van der Waals surface area contributed by atoms with Gasteiger partial charge in [0.05, 0.1) is 4.88 Å². The quantitative estimate of drug-likeness (QED) is 0.778. The van der Waals surface area contributed by atoms with Gasteiger partial charge in [0.15, 0.2) is 0 Å². The number of hydrogen-bond acceptors (Lipinski definition) is 3. The van der Waals surface area contributed by atoms with E-state index in [0.29, 0.717) is 5.92 Å². The molecule has 3 nitrogen and oxygen atoms in total. The fourth-order valence-electron chi connectivity index (χ4n) is 1.04. The molecule has 0 fully saturated rings. The predicted octanol–water partition coefficient (Wildman–Crippen LogP) is 2.08. The second kappa shape index (κ2) is 4.57. The highest BCUT2D eigenvalue weighted by Gasteiger charge is 2.10. The minimum absolute atomic E-state index is 0.0353. The molecule has 1 aromatic rings. The van der Waals surface area contributed by atoms with Crippen LogP contribution in [-0.2, 0) is 0 Å². The molecule has 4 heteroatoms. The van der Waals surface area contributed by atoms with Crippen LogP contribution in [0.25, 0.3) is 0 Å². The molecule has 0 unspecified atom stereocenters. The first kappa shape index (κ1) is 11.2. The van der Waals surface area contributed by atoms with Crippen molar-refractivity contribution in [3.05, 3.63) is 21.9 Å². The number of carbonyl (C=O) groups is 1. The van der Waals surface area contributed by atoms with Gasteiger partial charge in [0.25, 0.3) is 5.91 Å². The number of hydrogen-bond donors (Lipinski definition) is 1. The second-order valence-corrected chi connectivity index (χ2v) is 4.81. The molecule has 1 aromatic heterocycles. The summed E-state index contributed by atoms with van der Waals surface area (Å²) in [5, 5.41) is 1.65. The highest BCUT2D eigenvalue weighted by atomic mass is 32.1. The molecule has 0 atom stereocenters. The van der Waals surface area contributed by atoms with Crippen LogP contribution >= 0.6 is 11.3 Å². The topological polar surface area (TPSA) is 32.3 Å². The Morgan fingerprint density at radius 1 is 1.43 bits per heavy atom. The molecule has 0 radical (unpaired) electrons. The van der Waals surface area contributed by atoms with Gasteiger partial charge in [-0.05, 0) is 18.1 Å². The Morgan fingerprint density at radius 2 is 2.07 bits per heavy atom. The molecule has 78 valence electrons. The molecule has 0 spiro atoms. The van der Waals surface area contributed by atoms with Gasteiger partial charge in [0.2, 0.25) is 0 Å². The molecule has 1 rings (SSSR count). The van der Waals surface area contributed by atoms with Gasteiger partial charge in [-0.15, -0.1) is 11.3 Å². The number of thiophene rings is 1. The van der Waals surface area contributed by atoms with Gasteiger partial charge >= 0.3 is 0 Å². The summed E-state index contributed by atoms with van der Waals surface area (Å²) in [5.41, 5.74) is 2.72. The largest absolute Gasteiger partial charge is 0.285 e. The van der Waals surface area contributed by atoms with Crippen LogP contribution in [0.3, 0.4) is 0 Å². The zero-order valence-corrected chi connectivity index (χ0v) is 9.81. The van der Waals surface area contributed by atoms with Gasteiger partial charge in [-0.25, -0.2) is 5.01 Å². The maximum Gasteiger partial charge on any atom is 0.275 e. The highest BCUT2D eigenvalue weighted by molar-refractivity contribution is 7.14. The molecule has 1 N–H and O–H groups in total.